The molecule has 0 saturated carbocycles. The Balaban J connectivity index is 1.55. The number of pyridine rings is 1. The van der Waals surface area contributed by atoms with Gasteiger partial charge in [0.2, 0.25) is 5.82 Å². The number of hydrogen-bond acceptors (Lipinski definition) is 6. The molecule has 6 nitrogen and oxygen atoms in total. The summed E-state index contributed by atoms with van der Waals surface area (Å²) in [6.07, 6.45) is 7.93. The first-order valence-corrected chi connectivity index (χ1v) is 12.0. The van der Waals surface area contributed by atoms with E-state index in [4.69, 9.17) is 14.2 Å². The Bertz CT molecular complexity index is 1190. The number of nitrogens with zero attached hydrogens (tertiary/aromatic N) is 3. The number of aromatic nitrogens is 3. The van der Waals surface area contributed by atoms with Gasteiger partial charge in [-0.3, -0.25) is 9.78 Å². The Morgan fingerprint density at radius 3 is 2.53 bits per heavy atom. The van der Waals surface area contributed by atoms with Gasteiger partial charge in [-0.05, 0) is 106 Å². The number of rotatable bonds is 5. The van der Waals surface area contributed by atoms with Crippen molar-refractivity contribution in [2.45, 2.75) is 86.2 Å². The van der Waals surface area contributed by atoms with E-state index in [1.807, 2.05) is 33.2 Å². The molecule has 2 heterocycles. The zero-order valence-corrected chi connectivity index (χ0v) is 21.4. The van der Waals surface area contributed by atoms with Crippen molar-refractivity contribution in [2.24, 2.45) is 5.41 Å². The molecule has 1 aromatic carbocycles. The van der Waals surface area contributed by atoms with Gasteiger partial charge in [-0.15, -0.1) is 0 Å². The third-order valence-corrected chi connectivity index (χ3v) is 6.48. The predicted octanol–water partition coefficient (Wildman–Crippen LogP) is 6.20. The van der Waals surface area contributed by atoms with Crippen LogP contribution in [0.25, 0.3) is 22.8 Å². The first kappa shape index (κ1) is 24.1. The Morgan fingerprint density at radius 2 is 1.85 bits per heavy atom. The Morgan fingerprint density at radius 1 is 1.15 bits per heavy atom. The molecule has 0 saturated heterocycles. The largest absolute Gasteiger partial charge is 0.460 e. The number of carbonyl (C=O) groups excluding carboxylic acids is 1. The molecular formula is C28H35N3O3. The van der Waals surface area contributed by atoms with Crippen LogP contribution in [-0.2, 0) is 28.8 Å². The van der Waals surface area contributed by atoms with Gasteiger partial charge in [0.1, 0.15) is 5.60 Å². The van der Waals surface area contributed by atoms with Crippen molar-refractivity contribution in [3.05, 3.63) is 52.3 Å². The zero-order chi connectivity index (χ0) is 24.7. The second kappa shape index (κ2) is 8.97. The summed E-state index contributed by atoms with van der Waals surface area (Å²) in [5, 5.41) is 4.28. The molecule has 1 aliphatic rings. The molecule has 4 rings (SSSR count). The van der Waals surface area contributed by atoms with E-state index < -0.39 is 5.60 Å². The van der Waals surface area contributed by atoms with E-state index in [1.165, 1.54) is 11.1 Å². The van der Waals surface area contributed by atoms with Crippen LogP contribution >= 0.6 is 0 Å². The van der Waals surface area contributed by atoms with Crippen LogP contribution in [0.2, 0.25) is 0 Å². The van der Waals surface area contributed by atoms with E-state index >= 15 is 0 Å². The van der Waals surface area contributed by atoms with Gasteiger partial charge in [0.15, 0.2) is 0 Å². The Hall–Kier alpha value is -3.02. The van der Waals surface area contributed by atoms with Crippen LogP contribution in [0.15, 0.2) is 29.0 Å². The van der Waals surface area contributed by atoms with E-state index in [0.717, 1.165) is 47.1 Å². The maximum Gasteiger partial charge on any atom is 0.306 e. The van der Waals surface area contributed by atoms with Gasteiger partial charge in [-0.25, -0.2) is 0 Å². The number of esters is 1. The van der Waals surface area contributed by atoms with Crippen molar-refractivity contribution in [1.29, 1.82) is 0 Å². The predicted molar refractivity (Wildman–Crippen MR) is 132 cm³/mol. The van der Waals surface area contributed by atoms with Crippen LogP contribution in [-0.4, -0.2) is 26.7 Å². The molecule has 6 heteroatoms. The standard InChI is InChI=1S/C28H35N3O3/c1-17-12-19(13-18(2)21(17)8-9-24(32)33-27(3,4)5)25-30-26(34-31-25)23-16-29-15-20-14-28(6,7)11-10-22(20)23/h12-13,15-16H,8-11,14H2,1-7H3. The summed E-state index contributed by atoms with van der Waals surface area (Å²) in [5.74, 6) is 0.901. The van der Waals surface area contributed by atoms with Crippen molar-refractivity contribution >= 4 is 5.97 Å². The number of carbonyl (C=O) groups is 1. The summed E-state index contributed by atoms with van der Waals surface area (Å²) in [7, 11) is 0. The SMILES string of the molecule is Cc1cc(-c2noc(-c3cncc4c3CCC(C)(C)C4)n2)cc(C)c1CCC(=O)OC(C)(C)C. The van der Waals surface area contributed by atoms with Gasteiger partial charge < -0.3 is 9.26 Å². The molecule has 180 valence electrons. The molecule has 1 aliphatic carbocycles. The lowest BCUT2D eigenvalue weighted by Gasteiger charge is -2.31. The molecule has 0 N–H and O–H groups in total. The Labute approximate surface area is 202 Å². The number of fused-ring (bicyclic) bond motifs is 1. The third kappa shape index (κ3) is 5.37. The lowest BCUT2D eigenvalue weighted by atomic mass is 9.74. The van der Waals surface area contributed by atoms with E-state index in [2.05, 4.69) is 50.0 Å². The minimum Gasteiger partial charge on any atom is -0.460 e. The highest BCUT2D eigenvalue weighted by Gasteiger charge is 2.28. The van der Waals surface area contributed by atoms with Crippen LogP contribution in [0, 0.1) is 19.3 Å². The van der Waals surface area contributed by atoms with Crippen molar-refractivity contribution < 1.29 is 14.1 Å². The van der Waals surface area contributed by atoms with Crippen LogP contribution in [0.1, 0.15) is 75.3 Å². The topological polar surface area (TPSA) is 78.1 Å². The van der Waals surface area contributed by atoms with Gasteiger partial charge >= 0.3 is 5.97 Å². The smallest absolute Gasteiger partial charge is 0.306 e. The third-order valence-electron chi connectivity index (χ3n) is 6.48. The van der Waals surface area contributed by atoms with E-state index in [0.29, 0.717) is 24.6 Å². The summed E-state index contributed by atoms with van der Waals surface area (Å²) in [5.41, 5.74) is 7.57. The van der Waals surface area contributed by atoms with Gasteiger partial charge in [-0.1, -0.05) is 19.0 Å². The number of hydrogen-bond donors (Lipinski definition) is 0. The molecular weight excluding hydrogens is 426 g/mol. The highest BCUT2D eigenvalue weighted by atomic mass is 16.6. The Kier molecular flexibility index (Phi) is 6.36. The zero-order valence-electron chi connectivity index (χ0n) is 21.4. The monoisotopic (exact) mass is 461 g/mol. The molecule has 0 fully saturated rings. The minimum atomic E-state index is -0.467. The normalized spacial score (nSPS) is 15.1. The molecule has 0 spiro atoms. The van der Waals surface area contributed by atoms with Crippen molar-refractivity contribution in [3.8, 4) is 22.8 Å². The highest BCUT2D eigenvalue weighted by molar-refractivity contribution is 5.71. The molecule has 0 unspecified atom stereocenters. The first-order valence-electron chi connectivity index (χ1n) is 12.0. The van der Waals surface area contributed by atoms with Crippen LogP contribution in [0.5, 0.6) is 0 Å². The molecule has 0 aliphatic heterocycles. The van der Waals surface area contributed by atoms with Crippen molar-refractivity contribution in [2.75, 3.05) is 0 Å². The van der Waals surface area contributed by atoms with E-state index in [1.54, 1.807) is 0 Å². The molecule has 0 atom stereocenters. The second-order valence-corrected chi connectivity index (χ2v) is 11.3. The molecule has 0 bridgehead atoms. The van der Waals surface area contributed by atoms with Crippen LogP contribution in [0.3, 0.4) is 0 Å². The van der Waals surface area contributed by atoms with Gasteiger partial charge in [0.25, 0.3) is 5.89 Å². The molecule has 34 heavy (non-hydrogen) atoms. The maximum atomic E-state index is 12.2. The fraction of sp³-hybridized carbons (Fsp3) is 0.500. The lowest BCUT2D eigenvalue weighted by molar-refractivity contribution is -0.154. The van der Waals surface area contributed by atoms with Gasteiger partial charge in [-0.2, -0.15) is 4.98 Å². The van der Waals surface area contributed by atoms with Crippen LogP contribution < -0.4 is 0 Å². The van der Waals surface area contributed by atoms with E-state index in [-0.39, 0.29) is 11.4 Å². The molecule has 0 amide bonds. The number of benzene rings is 1. The molecule has 0 radical (unpaired) electrons. The first-order chi connectivity index (χ1) is 15.9. The fourth-order valence-corrected chi connectivity index (χ4v) is 4.82. The van der Waals surface area contributed by atoms with Gasteiger partial charge in [0, 0.05) is 24.4 Å². The summed E-state index contributed by atoms with van der Waals surface area (Å²) in [6.45, 7) is 14.4. The summed E-state index contributed by atoms with van der Waals surface area (Å²) < 4.78 is 11.1. The maximum absolute atomic E-state index is 12.2. The summed E-state index contributed by atoms with van der Waals surface area (Å²) in [6, 6.07) is 4.13. The molecule has 2 aromatic heterocycles. The minimum absolute atomic E-state index is 0.179. The summed E-state index contributed by atoms with van der Waals surface area (Å²) in [4.78, 5) is 21.3. The van der Waals surface area contributed by atoms with E-state index in [9.17, 15) is 4.79 Å². The average molecular weight is 462 g/mol. The van der Waals surface area contributed by atoms with Gasteiger partial charge in [0.05, 0.1) is 5.56 Å². The van der Waals surface area contributed by atoms with Crippen molar-refractivity contribution in [3.63, 3.8) is 0 Å². The van der Waals surface area contributed by atoms with Crippen molar-refractivity contribution in [1.82, 2.24) is 15.1 Å². The second-order valence-electron chi connectivity index (χ2n) is 11.3. The lowest BCUT2D eigenvalue weighted by Crippen LogP contribution is -2.24. The number of ether oxygens (including phenoxy) is 1. The number of aryl methyl sites for hydroxylation is 2. The summed E-state index contributed by atoms with van der Waals surface area (Å²) >= 11 is 0. The molecule has 3 aromatic rings. The van der Waals surface area contributed by atoms with Crippen LogP contribution in [0.4, 0.5) is 0 Å². The quantitative estimate of drug-likeness (QED) is 0.421. The highest BCUT2D eigenvalue weighted by Crippen LogP contribution is 2.38. The average Bonchev–Trinajstić information content (AvgIpc) is 3.20. The fourth-order valence-electron chi connectivity index (χ4n) is 4.82.